The summed E-state index contributed by atoms with van der Waals surface area (Å²) in [4.78, 5) is 13.5. The number of nitrogens with one attached hydrogen (secondary N) is 1. The highest BCUT2D eigenvalue weighted by Crippen LogP contribution is 2.20. The molecular formula is C16H24ClN3O. The van der Waals surface area contributed by atoms with Crippen LogP contribution < -0.4 is 11.1 Å². The highest BCUT2D eigenvalue weighted by Gasteiger charge is 2.15. The maximum Gasteiger partial charge on any atom is 0.248 e. The average molecular weight is 310 g/mol. The normalized spacial score (nSPS) is 17.0. The second kappa shape index (κ2) is 7.78. The fourth-order valence-electron chi connectivity index (χ4n) is 2.72. The molecule has 0 atom stereocenters. The molecule has 21 heavy (non-hydrogen) atoms. The van der Waals surface area contributed by atoms with Gasteiger partial charge in [-0.25, -0.2) is 0 Å². The number of likely N-dealkylation sites (tertiary alicyclic amines) is 1. The van der Waals surface area contributed by atoms with Crippen molar-refractivity contribution in [1.29, 1.82) is 0 Å². The van der Waals surface area contributed by atoms with E-state index in [4.69, 9.17) is 17.3 Å². The second-order valence-corrected chi connectivity index (χ2v) is 6.29. The van der Waals surface area contributed by atoms with Crippen LogP contribution in [0.15, 0.2) is 18.2 Å². The Morgan fingerprint density at radius 2 is 2.14 bits per heavy atom. The maximum absolute atomic E-state index is 11.1. The summed E-state index contributed by atoms with van der Waals surface area (Å²) in [5, 5.41) is 4.03. The summed E-state index contributed by atoms with van der Waals surface area (Å²) < 4.78 is 0. The Hall–Kier alpha value is -1.10. The molecule has 0 unspecified atom stereocenters. The first kappa shape index (κ1) is 16.3. The molecule has 4 nitrogen and oxygen atoms in total. The quantitative estimate of drug-likeness (QED) is 0.793. The van der Waals surface area contributed by atoms with E-state index >= 15 is 0 Å². The molecule has 1 amide bonds. The van der Waals surface area contributed by atoms with Gasteiger partial charge in [0.25, 0.3) is 0 Å². The van der Waals surface area contributed by atoms with Gasteiger partial charge in [-0.2, -0.15) is 0 Å². The van der Waals surface area contributed by atoms with Gasteiger partial charge in [-0.15, -0.1) is 0 Å². The zero-order valence-corrected chi connectivity index (χ0v) is 13.3. The minimum atomic E-state index is -0.446. The molecule has 3 N–H and O–H groups in total. The van der Waals surface area contributed by atoms with Gasteiger partial charge in [0, 0.05) is 17.1 Å². The molecule has 5 heteroatoms. The van der Waals surface area contributed by atoms with Crippen molar-refractivity contribution in [3.8, 4) is 0 Å². The topological polar surface area (TPSA) is 58.4 Å². The third kappa shape index (κ3) is 4.99. The smallest absolute Gasteiger partial charge is 0.248 e. The number of piperidine rings is 1. The molecule has 0 spiro atoms. The van der Waals surface area contributed by atoms with Gasteiger partial charge < -0.3 is 16.0 Å². The Morgan fingerprint density at radius 1 is 1.43 bits per heavy atom. The lowest BCUT2D eigenvalue weighted by atomic mass is 9.94. The van der Waals surface area contributed by atoms with Gasteiger partial charge in [0.15, 0.2) is 0 Å². The number of hydrogen-bond acceptors (Lipinski definition) is 3. The molecule has 0 saturated carbocycles. The van der Waals surface area contributed by atoms with Gasteiger partial charge in [0.05, 0.1) is 0 Å². The lowest BCUT2D eigenvalue weighted by Crippen LogP contribution is -2.31. The number of halogens is 1. The number of benzene rings is 1. The molecule has 1 saturated heterocycles. The van der Waals surface area contributed by atoms with Gasteiger partial charge >= 0.3 is 0 Å². The van der Waals surface area contributed by atoms with Crippen molar-refractivity contribution < 1.29 is 4.79 Å². The Labute approximate surface area is 131 Å². The Morgan fingerprint density at radius 3 is 2.76 bits per heavy atom. The van der Waals surface area contributed by atoms with Crippen molar-refractivity contribution in [2.75, 3.05) is 26.7 Å². The Bertz CT molecular complexity index is 484. The Kier molecular flexibility index (Phi) is 6.03. The lowest BCUT2D eigenvalue weighted by Gasteiger charge is -2.28. The van der Waals surface area contributed by atoms with E-state index in [1.54, 1.807) is 12.1 Å². The molecule has 0 aliphatic carbocycles. The highest BCUT2D eigenvalue weighted by molar-refractivity contribution is 6.31. The number of nitrogens with zero attached hydrogens (tertiary/aromatic N) is 1. The van der Waals surface area contributed by atoms with Crippen LogP contribution in [0, 0.1) is 5.92 Å². The van der Waals surface area contributed by atoms with Crippen molar-refractivity contribution in [2.45, 2.75) is 25.8 Å². The van der Waals surface area contributed by atoms with Crippen molar-refractivity contribution in [2.24, 2.45) is 11.7 Å². The summed E-state index contributed by atoms with van der Waals surface area (Å²) in [6.07, 6.45) is 3.81. The van der Waals surface area contributed by atoms with E-state index < -0.39 is 5.91 Å². The molecule has 1 aromatic carbocycles. The lowest BCUT2D eigenvalue weighted by molar-refractivity contribution is 0.100. The molecule has 1 aromatic rings. The Balaban J connectivity index is 1.72. The molecule has 0 bridgehead atoms. The van der Waals surface area contributed by atoms with E-state index in [1.165, 1.54) is 32.4 Å². The molecule has 0 aromatic heterocycles. The first-order valence-corrected chi connectivity index (χ1v) is 7.91. The number of primary amides is 1. The van der Waals surface area contributed by atoms with Crippen LogP contribution in [0.3, 0.4) is 0 Å². The van der Waals surface area contributed by atoms with E-state index in [0.29, 0.717) is 10.6 Å². The largest absolute Gasteiger partial charge is 0.366 e. The number of amides is 1. The molecule has 1 fully saturated rings. The van der Waals surface area contributed by atoms with Crippen molar-refractivity contribution in [1.82, 2.24) is 10.2 Å². The van der Waals surface area contributed by atoms with Crippen LogP contribution in [0.4, 0.5) is 0 Å². The van der Waals surface area contributed by atoms with Gasteiger partial charge in [0.2, 0.25) is 5.91 Å². The molecule has 2 rings (SSSR count). The highest BCUT2D eigenvalue weighted by atomic mass is 35.5. The van der Waals surface area contributed by atoms with Crippen LogP contribution in [0.25, 0.3) is 0 Å². The predicted molar refractivity (Wildman–Crippen MR) is 86.5 cm³/mol. The first-order valence-electron chi connectivity index (χ1n) is 7.53. The number of carbonyl (C=O) groups excluding carboxylic acids is 1. The summed E-state index contributed by atoms with van der Waals surface area (Å²) in [7, 11) is 2.19. The van der Waals surface area contributed by atoms with Gasteiger partial charge in [-0.05, 0) is 69.6 Å². The molecule has 1 aliphatic heterocycles. The van der Waals surface area contributed by atoms with Gasteiger partial charge in [-0.3, -0.25) is 4.79 Å². The molecular weight excluding hydrogens is 286 g/mol. The van der Waals surface area contributed by atoms with E-state index in [0.717, 1.165) is 24.6 Å². The van der Waals surface area contributed by atoms with E-state index in [9.17, 15) is 4.79 Å². The zero-order valence-electron chi connectivity index (χ0n) is 12.6. The van der Waals surface area contributed by atoms with Crippen LogP contribution >= 0.6 is 11.6 Å². The van der Waals surface area contributed by atoms with Crippen molar-refractivity contribution in [3.05, 3.63) is 34.3 Å². The molecule has 0 radical (unpaired) electrons. The summed E-state index contributed by atoms with van der Waals surface area (Å²) in [6, 6.07) is 5.23. The summed E-state index contributed by atoms with van der Waals surface area (Å²) in [5.41, 5.74) is 6.69. The van der Waals surface area contributed by atoms with Crippen molar-refractivity contribution in [3.63, 3.8) is 0 Å². The summed E-state index contributed by atoms with van der Waals surface area (Å²) >= 11 is 6.16. The number of carbonyl (C=O) groups is 1. The second-order valence-electron chi connectivity index (χ2n) is 5.88. The third-order valence-corrected chi connectivity index (χ3v) is 4.57. The fourth-order valence-corrected chi connectivity index (χ4v) is 2.97. The average Bonchev–Trinajstić information content (AvgIpc) is 2.46. The van der Waals surface area contributed by atoms with E-state index in [-0.39, 0.29) is 0 Å². The van der Waals surface area contributed by atoms with Crippen LogP contribution in [-0.2, 0) is 6.54 Å². The summed E-state index contributed by atoms with van der Waals surface area (Å²) in [5.74, 6) is 0.389. The van der Waals surface area contributed by atoms with E-state index in [2.05, 4.69) is 17.3 Å². The maximum atomic E-state index is 11.1. The van der Waals surface area contributed by atoms with Gasteiger partial charge in [-0.1, -0.05) is 17.7 Å². The summed E-state index contributed by atoms with van der Waals surface area (Å²) in [6.45, 7) is 4.16. The zero-order chi connectivity index (χ0) is 15.2. The number of hydrogen-bond donors (Lipinski definition) is 2. The molecule has 116 valence electrons. The van der Waals surface area contributed by atoms with Crippen molar-refractivity contribution >= 4 is 17.5 Å². The fraction of sp³-hybridized carbons (Fsp3) is 0.562. The number of nitrogens with two attached hydrogens (primary N) is 1. The standard InChI is InChI=1S/C16H24ClN3O/c1-20-8-5-12(6-9-20)4-7-19-11-14-3-2-13(16(18)21)10-15(14)17/h2-3,10,12,19H,4-9,11H2,1H3,(H2,18,21). The SMILES string of the molecule is CN1CCC(CCNCc2ccc(C(N)=O)cc2Cl)CC1. The van der Waals surface area contributed by atoms with Crippen LogP contribution in [0.1, 0.15) is 35.2 Å². The monoisotopic (exact) mass is 309 g/mol. The van der Waals surface area contributed by atoms with Crippen LogP contribution in [-0.4, -0.2) is 37.5 Å². The predicted octanol–water partition coefficient (Wildman–Crippen LogP) is 2.26. The minimum absolute atomic E-state index is 0.446. The molecule has 1 aliphatic rings. The molecule has 1 heterocycles. The van der Waals surface area contributed by atoms with Crippen LogP contribution in [0.2, 0.25) is 5.02 Å². The van der Waals surface area contributed by atoms with Gasteiger partial charge in [0.1, 0.15) is 0 Å². The number of rotatable bonds is 6. The van der Waals surface area contributed by atoms with Crippen LogP contribution in [0.5, 0.6) is 0 Å². The minimum Gasteiger partial charge on any atom is -0.366 e. The first-order chi connectivity index (χ1) is 10.1. The van der Waals surface area contributed by atoms with E-state index in [1.807, 2.05) is 6.07 Å². The third-order valence-electron chi connectivity index (χ3n) is 4.22.